The van der Waals surface area contributed by atoms with E-state index in [9.17, 15) is 18.0 Å². The Morgan fingerprint density at radius 1 is 1.14 bits per heavy atom. The van der Waals surface area contributed by atoms with Crippen molar-refractivity contribution < 1.29 is 18.0 Å². The second kappa shape index (κ2) is 6.80. The third-order valence-electron chi connectivity index (χ3n) is 3.64. The number of benzene rings is 1. The molecule has 2 rings (SSSR count). The highest BCUT2D eigenvalue weighted by Gasteiger charge is 2.20. The normalized spacial score (nSPS) is 16.1. The van der Waals surface area contributed by atoms with Crippen LogP contribution in [0.15, 0.2) is 12.1 Å². The van der Waals surface area contributed by atoms with Crippen molar-refractivity contribution in [3.05, 3.63) is 29.6 Å². The molecule has 116 valence electrons. The van der Waals surface area contributed by atoms with Gasteiger partial charge in [0.1, 0.15) is 0 Å². The summed E-state index contributed by atoms with van der Waals surface area (Å²) < 4.78 is 39.3. The van der Waals surface area contributed by atoms with Gasteiger partial charge in [-0.25, -0.2) is 13.2 Å². The van der Waals surface area contributed by atoms with E-state index < -0.39 is 17.5 Å². The molecule has 1 N–H and O–H groups in total. The first kappa shape index (κ1) is 15.6. The number of nitrogens with zero attached hydrogens (tertiary/aromatic N) is 2. The summed E-state index contributed by atoms with van der Waals surface area (Å²) in [7, 11) is 0. The zero-order chi connectivity index (χ0) is 15.4. The number of hydrogen-bond donors (Lipinski definition) is 1. The number of piperazine rings is 1. The van der Waals surface area contributed by atoms with Gasteiger partial charge in [0, 0.05) is 26.2 Å². The molecule has 0 unspecified atom stereocenters. The summed E-state index contributed by atoms with van der Waals surface area (Å²) in [5.74, 6) is -4.28. The number of amides is 1. The largest absolute Gasteiger partial charge is 0.374 e. The van der Waals surface area contributed by atoms with E-state index in [-0.39, 0.29) is 18.1 Å². The molecule has 1 saturated heterocycles. The van der Waals surface area contributed by atoms with Gasteiger partial charge in [-0.2, -0.15) is 0 Å². The van der Waals surface area contributed by atoms with E-state index in [2.05, 4.69) is 17.1 Å². The van der Waals surface area contributed by atoms with Crippen LogP contribution < -0.4 is 5.32 Å². The second-order valence-electron chi connectivity index (χ2n) is 4.89. The van der Waals surface area contributed by atoms with Crippen molar-refractivity contribution in [2.45, 2.75) is 6.92 Å². The van der Waals surface area contributed by atoms with Crippen molar-refractivity contribution in [2.24, 2.45) is 0 Å². The topological polar surface area (TPSA) is 35.6 Å². The van der Waals surface area contributed by atoms with Crippen LogP contribution >= 0.6 is 0 Å². The Labute approximate surface area is 121 Å². The lowest BCUT2D eigenvalue weighted by Crippen LogP contribution is -2.49. The van der Waals surface area contributed by atoms with Crippen molar-refractivity contribution in [3.63, 3.8) is 0 Å². The van der Waals surface area contributed by atoms with Crippen LogP contribution in [0.1, 0.15) is 6.92 Å². The second-order valence-corrected chi connectivity index (χ2v) is 4.89. The lowest BCUT2D eigenvalue weighted by atomic mass is 10.2. The molecule has 1 aliphatic heterocycles. The smallest absolute Gasteiger partial charge is 0.241 e. The first-order valence-corrected chi connectivity index (χ1v) is 6.90. The molecule has 1 aliphatic rings. The van der Waals surface area contributed by atoms with Crippen LogP contribution in [0, 0.1) is 17.5 Å². The van der Waals surface area contributed by atoms with Crippen LogP contribution in [0.4, 0.5) is 18.9 Å². The van der Waals surface area contributed by atoms with Crippen LogP contribution in [-0.4, -0.2) is 55.0 Å². The number of carbonyl (C=O) groups excluding carboxylic acids is 1. The van der Waals surface area contributed by atoms with Crippen LogP contribution in [0.5, 0.6) is 0 Å². The molecule has 0 saturated carbocycles. The molecule has 0 bridgehead atoms. The fourth-order valence-corrected chi connectivity index (χ4v) is 2.26. The Kier molecular flexibility index (Phi) is 5.06. The number of hydrogen-bond acceptors (Lipinski definition) is 3. The van der Waals surface area contributed by atoms with Gasteiger partial charge < -0.3 is 15.1 Å². The Morgan fingerprint density at radius 3 is 2.43 bits per heavy atom. The van der Waals surface area contributed by atoms with Gasteiger partial charge in [-0.05, 0) is 18.7 Å². The summed E-state index contributed by atoms with van der Waals surface area (Å²) in [5, 5.41) is 2.52. The standard InChI is InChI=1S/C14H18F3N3O/c1-2-19-5-7-20(8-6-19)12(21)9-18-11-4-3-10(15)13(16)14(11)17/h3-4,18H,2,5-9H2,1H3. The maximum absolute atomic E-state index is 13.4. The minimum atomic E-state index is -1.54. The molecule has 0 atom stereocenters. The maximum atomic E-state index is 13.4. The summed E-state index contributed by atoms with van der Waals surface area (Å²) in [6, 6.07) is 1.90. The number of anilines is 1. The number of halogens is 3. The predicted molar refractivity (Wildman–Crippen MR) is 73.5 cm³/mol. The number of rotatable bonds is 4. The Morgan fingerprint density at radius 2 is 1.81 bits per heavy atom. The summed E-state index contributed by atoms with van der Waals surface area (Å²) in [6.45, 7) is 5.71. The van der Waals surface area contributed by atoms with E-state index in [0.29, 0.717) is 13.1 Å². The van der Waals surface area contributed by atoms with Crippen LogP contribution in [-0.2, 0) is 4.79 Å². The molecular formula is C14H18F3N3O. The average molecular weight is 301 g/mol. The Balaban J connectivity index is 1.89. The minimum absolute atomic E-state index is 0.145. The van der Waals surface area contributed by atoms with E-state index in [0.717, 1.165) is 31.8 Å². The predicted octanol–water partition coefficient (Wildman–Crippen LogP) is 1.68. The fraction of sp³-hybridized carbons (Fsp3) is 0.500. The van der Waals surface area contributed by atoms with Crippen molar-refractivity contribution in [3.8, 4) is 0 Å². The van der Waals surface area contributed by atoms with Gasteiger partial charge >= 0.3 is 0 Å². The van der Waals surface area contributed by atoms with Crippen LogP contribution in [0.3, 0.4) is 0 Å². The van der Waals surface area contributed by atoms with E-state index >= 15 is 0 Å². The molecule has 21 heavy (non-hydrogen) atoms. The fourth-order valence-electron chi connectivity index (χ4n) is 2.26. The molecule has 0 spiro atoms. The SMILES string of the molecule is CCN1CCN(C(=O)CNc2ccc(F)c(F)c2F)CC1. The number of nitrogens with one attached hydrogen (secondary N) is 1. The highest BCUT2D eigenvalue weighted by molar-refractivity contribution is 5.81. The van der Waals surface area contributed by atoms with Crippen molar-refractivity contribution >= 4 is 11.6 Å². The third-order valence-corrected chi connectivity index (χ3v) is 3.64. The number of likely N-dealkylation sites (N-methyl/N-ethyl adjacent to an activating group) is 1. The lowest BCUT2D eigenvalue weighted by Gasteiger charge is -2.34. The highest BCUT2D eigenvalue weighted by atomic mass is 19.2. The molecule has 0 aromatic heterocycles. The molecular weight excluding hydrogens is 283 g/mol. The van der Waals surface area contributed by atoms with Crippen molar-refractivity contribution in [2.75, 3.05) is 44.6 Å². The van der Waals surface area contributed by atoms with E-state index in [1.807, 2.05) is 0 Å². The van der Waals surface area contributed by atoms with E-state index in [1.54, 1.807) is 4.90 Å². The highest BCUT2D eigenvalue weighted by Crippen LogP contribution is 2.19. The molecule has 1 fully saturated rings. The zero-order valence-corrected chi connectivity index (χ0v) is 11.8. The summed E-state index contributed by atoms with van der Waals surface area (Å²) in [6.07, 6.45) is 0. The van der Waals surface area contributed by atoms with Gasteiger partial charge in [0.05, 0.1) is 12.2 Å². The van der Waals surface area contributed by atoms with Crippen LogP contribution in [0.25, 0.3) is 0 Å². The van der Waals surface area contributed by atoms with Gasteiger partial charge in [-0.15, -0.1) is 0 Å². The summed E-state index contributed by atoms with van der Waals surface area (Å²) in [4.78, 5) is 15.9. The zero-order valence-electron chi connectivity index (χ0n) is 11.8. The molecule has 1 aromatic rings. The van der Waals surface area contributed by atoms with E-state index in [1.165, 1.54) is 0 Å². The molecule has 0 radical (unpaired) electrons. The van der Waals surface area contributed by atoms with Gasteiger partial charge in [-0.1, -0.05) is 6.92 Å². The molecule has 1 aromatic carbocycles. The average Bonchev–Trinajstić information content (AvgIpc) is 2.52. The van der Waals surface area contributed by atoms with Gasteiger partial charge in [0.2, 0.25) is 5.91 Å². The number of carbonyl (C=O) groups is 1. The van der Waals surface area contributed by atoms with Gasteiger partial charge in [0.25, 0.3) is 0 Å². The van der Waals surface area contributed by atoms with Gasteiger partial charge in [-0.3, -0.25) is 4.79 Å². The quantitative estimate of drug-likeness (QED) is 0.860. The Bertz CT molecular complexity index is 516. The molecule has 1 heterocycles. The van der Waals surface area contributed by atoms with Crippen LogP contribution in [0.2, 0.25) is 0 Å². The minimum Gasteiger partial charge on any atom is -0.374 e. The molecule has 7 heteroatoms. The van der Waals surface area contributed by atoms with Gasteiger partial charge in [0.15, 0.2) is 17.5 Å². The van der Waals surface area contributed by atoms with Crippen molar-refractivity contribution in [1.82, 2.24) is 9.80 Å². The maximum Gasteiger partial charge on any atom is 0.241 e. The van der Waals surface area contributed by atoms with Crippen molar-refractivity contribution in [1.29, 1.82) is 0 Å². The first-order chi connectivity index (χ1) is 10.0. The molecule has 1 amide bonds. The summed E-state index contributed by atoms with van der Waals surface area (Å²) in [5.41, 5.74) is -0.213. The third kappa shape index (κ3) is 3.66. The van der Waals surface area contributed by atoms with E-state index in [4.69, 9.17) is 0 Å². The molecule has 4 nitrogen and oxygen atoms in total. The monoisotopic (exact) mass is 301 g/mol. The molecule has 0 aliphatic carbocycles. The Hall–Kier alpha value is -1.76. The first-order valence-electron chi connectivity index (χ1n) is 6.90. The summed E-state index contributed by atoms with van der Waals surface area (Å²) >= 11 is 0. The lowest BCUT2D eigenvalue weighted by molar-refractivity contribution is -0.131.